The summed E-state index contributed by atoms with van der Waals surface area (Å²) in [6, 6.07) is 4.29. The molecule has 2 rings (SSSR count). The van der Waals surface area contributed by atoms with E-state index in [1.807, 2.05) is 12.1 Å². The van der Waals surface area contributed by atoms with Crippen LogP contribution in [0.3, 0.4) is 0 Å². The molecule has 1 aliphatic rings. The lowest BCUT2D eigenvalue weighted by molar-refractivity contribution is 0.640. The van der Waals surface area contributed by atoms with Gasteiger partial charge in [-0.2, -0.15) is 0 Å². The van der Waals surface area contributed by atoms with Crippen LogP contribution in [0.5, 0.6) is 0 Å². The molecule has 0 aromatic carbocycles. The van der Waals surface area contributed by atoms with Crippen molar-refractivity contribution < 1.29 is 0 Å². The summed E-state index contributed by atoms with van der Waals surface area (Å²) in [6.45, 7) is 2.20. The lowest BCUT2D eigenvalue weighted by Crippen LogP contribution is -2.16. The predicted molar refractivity (Wildman–Crippen MR) is 59.7 cm³/mol. The van der Waals surface area contributed by atoms with E-state index in [0.29, 0.717) is 11.1 Å². The molecular formula is C11H15ClN2. The number of nitrogens with one attached hydrogen (secondary N) is 1. The molecule has 1 saturated carbocycles. The van der Waals surface area contributed by atoms with Crippen LogP contribution in [-0.2, 0) is 0 Å². The van der Waals surface area contributed by atoms with E-state index in [4.69, 9.17) is 11.6 Å². The van der Waals surface area contributed by atoms with E-state index in [9.17, 15) is 0 Å². The van der Waals surface area contributed by atoms with Crippen LogP contribution in [0.25, 0.3) is 0 Å². The van der Waals surface area contributed by atoms with Crippen molar-refractivity contribution in [3.05, 3.63) is 23.4 Å². The summed E-state index contributed by atoms with van der Waals surface area (Å²) in [4.78, 5) is 4.20. The Hall–Kier alpha value is -0.760. The molecule has 1 atom stereocenters. The lowest BCUT2D eigenvalue weighted by Gasteiger charge is -2.13. The molecule has 3 heteroatoms. The maximum absolute atomic E-state index is 5.75. The van der Waals surface area contributed by atoms with Crippen molar-refractivity contribution in [1.29, 1.82) is 0 Å². The molecule has 0 aliphatic heterocycles. The fourth-order valence-electron chi connectivity index (χ4n) is 1.63. The SMILES string of the molecule is CC(CC1CC1)Nc1ccc(Cl)cn1. The van der Waals surface area contributed by atoms with Gasteiger partial charge in [0, 0.05) is 12.2 Å². The van der Waals surface area contributed by atoms with Gasteiger partial charge < -0.3 is 5.32 Å². The number of pyridine rings is 1. The Morgan fingerprint density at radius 3 is 2.93 bits per heavy atom. The zero-order valence-corrected chi connectivity index (χ0v) is 9.09. The number of anilines is 1. The molecule has 2 nitrogen and oxygen atoms in total. The molecule has 14 heavy (non-hydrogen) atoms. The topological polar surface area (TPSA) is 24.9 Å². The van der Waals surface area contributed by atoms with Crippen LogP contribution in [0.1, 0.15) is 26.2 Å². The van der Waals surface area contributed by atoms with E-state index in [2.05, 4.69) is 17.2 Å². The highest BCUT2D eigenvalue weighted by Gasteiger charge is 2.23. The van der Waals surface area contributed by atoms with Gasteiger partial charge in [0.25, 0.3) is 0 Å². The van der Waals surface area contributed by atoms with Gasteiger partial charge in [0.1, 0.15) is 5.82 Å². The van der Waals surface area contributed by atoms with Crippen molar-refractivity contribution in [3.8, 4) is 0 Å². The van der Waals surface area contributed by atoms with E-state index in [0.717, 1.165) is 11.7 Å². The normalized spacial score (nSPS) is 17.9. The van der Waals surface area contributed by atoms with Gasteiger partial charge in [-0.05, 0) is 31.4 Å². The predicted octanol–water partition coefficient (Wildman–Crippen LogP) is 3.34. The molecule has 0 radical (unpaired) electrons. The summed E-state index contributed by atoms with van der Waals surface area (Å²) in [6.07, 6.45) is 5.73. The van der Waals surface area contributed by atoms with Crippen LogP contribution in [0.4, 0.5) is 5.82 Å². The highest BCUT2D eigenvalue weighted by Crippen LogP contribution is 2.33. The monoisotopic (exact) mass is 210 g/mol. The first-order valence-corrected chi connectivity index (χ1v) is 5.50. The highest BCUT2D eigenvalue weighted by atomic mass is 35.5. The van der Waals surface area contributed by atoms with Crippen molar-refractivity contribution in [1.82, 2.24) is 4.98 Å². The minimum atomic E-state index is 0.510. The first-order valence-electron chi connectivity index (χ1n) is 5.12. The molecule has 1 fully saturated rings. The van der Waals surface area contributed by atoms with Gasteiger partial charge in [-0.15, -0.1) is 0 Å². The Labute approximate surface area is 89.7 Å². The number of halogens is 1. The van der Waals surface area contributed by atoms with Gasteiger partial charge in [-0.3, -0.25) is 0 Å². The Morgan fingerprint density at radius 2 is 2.36 bits per heavy atom. The number of nitrogens with zero attached hydrogens (tertiary/aromatic N) is 1. The zero-order chi connectivity index (χ0) is 9.97. The Kier molecular flexibility index (Phi) is 2.92. The second kappa shape index (κ2) is 4.18. The highest BCUT2D eigenvalue weighted by molar-refractivity contribution is 6.30. The average molecular weight is 211 g/mol. The quantitative estimate of drug-likeness (QED) is 0.825. The van der Waals surface area contributed by atoms with Gasteiger partial charge >= 0.3 is 0 Å². The van der Waals surface area contributed by atoms with Gasteiger partial charge in [-0.1, -0.05) is 24.4 Å². The molecular weight excluding hydrogens is 196 g/mol. The van der Waals surface area contributed by atoms with Crippen molar-refractivity contribution in [3.63, 3.8) is 0 Å². The Balaban J connectivity index is 1.85. The molecule has 1 aliphatic carbocycles. The molecule has 1 aromatic heterocycles. The smallest absolute Gasteiger partial charge is 0.126 e. The van der Waals surface area contributed by atoms with Crippen LogP contribution in [0.2, 0.25) is 5.02 Å². The maximum atomic E-state index is 5.75. The summed E-state index contributed by atoms with van der Waals surface area (Å²) < 4.78 is 0. The Morgan fingerprint density at radius 1 is 1.57 bits per heavy atom. The molecule has 0 bridgehead atoms. The van der Waals surface area contributed by atoms with Crippen molar-refractivity contribution in [2.24, 2.45) is 5.92 Å². The molecule has 1 unspecified atom stereocenters. The third kappa shape index (κ3) is 2.88. The fraction of sp³-hybridized carbons (Fsp3) is 0.545. The van der Waals surface area contributed by atoms with E-state index in [1.54, 1.807) is 6.20 Å². The number of aromatic nitrogens is 1. The van der Waals surface area contributed by atoms with E-state index < -0.39 is 0 Å². The number of hydrogen-bond donors (Lipinski definition) is 1. The first-order chi connectivity index (χ1) is 6.74. The number of hydrogen-bond acceptors (Lipinski definition) is 2. The van der Waals surface area contributed by atoms with E-state index >= 15 is 0 Å². The third-order valence-corrected chi connectivity index (χ3v) is 2.73. The second-order valence-corrected chi connectivity index (χ2v) is 4.52. The van der Waals surface area contributed by atoms with Crippen LogP contribution in [-0.4, -0.2) is 11.0 Å². The van der Waals surface area contributed by atoms with Crippen LogP contribution in [0.15, 0.2) is 18.3 Å². The minimum absolute atomic E-state index is 0.510. The van der Waals surface area contributed by atoms with Crippen molar-refractivity contribution in [2.45, 2.75) is 32.2 Å². The summed E-state index contributed by atoms with van der Waals surface area (Å²) in [5, 5.41) is 4.06. The zero-order valence-electron chi connectivity index (χ0n) is 8.33. The van der Waals surface area contributed by atoms with Gasteiger partial charge in [-0.25, -0.2) is 4.98 Å². The minimum Gasteiger partial charge on any atom is -0.368 e. The maximum Gasteiger partial charge on any atom is 0.126 e. The van der Waals surface area contributed by atoms with E-state index in [-0.39, 0.29) is 0 Å². The van der Waals surface area contributed by atoms with Crippen LogP contribution in [0, 0.1) is 5.92 Å². The molecule has 1 N–H and O–H groups in total. The van der Waals surface area contributed by atoms with Gasteiger partial charge in [0.05, 0.1) is 5.02 Å². The standard InChI is InChI=1S/C11H15ClN2/c1-8(6-9-2-3-9)14-11-5-4-10(12)7-13-11/h4-5,7-9H,2-3,6H2,1H3,(H,13,14). The fourth-order valence-corrected chi connectivity index (χ4v) is 1.74. The van der Waals surface area contributed by atoms with Crippen molar-refractivity contribution in [2.75, 3.05) is 5.32 Å². The van der Waals surface area contributed by atoms with Crippen LogP contribution < -0.4 is 5.32 Å². The second-order valence-electron chi connectivity index (χ2n) is 4.09. The molecule has 0 spiro atoms. The largest absolute Gasteiger partial charge is 0.368 e. The summed E-state index contributed by atoms with van der Waals surface area (Å²) in [5.41, 5.74) is 0. The summed E-state index contributed by atoms with van der Waals surface area (Å²) in [7, 11) is 0. The Bertz CT molecular complexity index is 293. The van der Waals surface area contributed by atoms with E-state index in [1.165, 1.54) is 19.3 Å². The number of rotatable bonds is 4. The molecule has 1 aromatic rings. The summed E-state index contributed by atoms with van der Waals surface area (Å²) in [5.74, 6) is 1.87. The lowest BCUT2D eigenvalue weighted by atomic mass is 10.1. The van der Waals surface area contributed by atoms with Gasteiger partial charge in [0.15, 0.2) is 0 Å². The van der Waals surface area contributed by atoms with Crippen LogP contribution >= 0.6 is 11.6 Å². The average Bonchev–Trinajstić information content (AvgIpc) is 2.93. The molecule has 1 heterocycles. The van der Waals surface area contributed by atoms with Gasteiger partial charge in [0.2, 0.25) is 0 Å². The first kappa shape index (κ1) is 9.78. The molecule has 0 saturated heterocycles. The molecule has 0 amide bonds. The third-order valence-electron chi connectivity index (χ3n) is 2.51. The molecule has 76 valence electrons. The van der Waals surface area contributed by atoms with Crippen molar-refractivity contribution >= 4 is 17.4 Å². The summed E-state index contributed by atoms with van der Waals surface area (Å²) >= 11 is 5.75.